The Morgan fingerprint density at radius 2 is 1.94 bits per heavy atom. The van der Waals surface area contributed by atoms with Gasteiger partial charge in [-0.2, -0.15) is 0 Å². The molecule has 1 fully saturated rings. The van der Waals surface area contributed by atoms with Crippen LogP contribution in [0.2, 0.25) is 0 Å². The molecule has 2 aromatic rings. The van der Waals surface area contributed by atoms with E-state index in [1.165, 1.54) is 9.30 Å². The van der Waals surface area contributed by atoms with Gasteiger partial charge in [0.2, 0.25) is 0 Å². The van der Waals surface area contributed by atoms with E-state index in [0.29, 0.717) is 32.7 Å². The van der Waals surface area contributed by atoms with Gasteiger partial charge in [0.25, 0.3) is 11.5 Å². The lowest BCUT2D eigenvalue weighted by Crippen LogP contribution is -2.31. The molecular formula is C23H28N4O4S2. The Kier molecular flexibility index (Phi) is 8.25. The lowest BCUT2D eigenvalue weighted by atomic mass is 10.2. The first-order chi connectivity index (χ1) is 15.8. The number of aliphatic carboxylic acids is 1. The molecule has 8 nitrogen and oxygen atoms in total. The van der Waals surface area contributed by atoms with Gasteiger partial charge >= 0.3 is 5.97 Å². The van der Waals surface area contributed by atoms with Gasteiger partial charge in [0.1, 0.15) is 15.8 Å². The van der Waals surface area contributed by atoms with Crippen LogP contribution < -0.4 is 10.5 Å². The van der Waals surface area contributed by atoms with Crippen molar-refractivity contribution in [2.45, 2.75) is 46.5 Å². The number of carbonyl (C=O) groups is 2. The zero-order valence-electron chi connectivity index (χ0n) is 19.0. The Balaban J connectivity index is 2.09. The molecule has 2 aromatic heterocycles. The van der Waals surface area contributed by atoms with Crippen LogP contribution in [0, 0.1) is 6.92 Å². The standard InChI is InChI=1S/C23H28N4O4S2/c1-4-10-25(11-5-2)20-16(21(30)27-14-15(3)8-9-18(27)24-20)13-17-22(31)26(23(32)33-17)12-6-7-19(28)29/h8-9,13-14H,4-7,10-12H2,1-3H3,(H,28,29)/b17-13-. The van der Waals surface area contributed by atoms with Gasteiger partial charge < -0.3 is 10.0 Å². The maximum absolute atomic E-state index is 13.5. The third-order valence-electron chi connectivity index (χ3n) is 5.19. The van der Waals surface area contributed by atoms with Crippen molar-refractivity contribution in [3.05, 3.63) is 44.7 Å². The second-order valence-corrected chi connectivity index (χ2v) is 9.58. The van der Waals surface area contributed by atoms with E-state index in [1.807, 2.05) is 19.1 Å². The molecule has 0 radical (unpaired) electrons. The van der Waals surface area contributed by atoms with Crippen LogP contribution in [-0.2, 0) is 9.59 Å². The number of aryl methyl sites for hydroxylation is 1. The number of thioether (sulfide) groups is 1. The Morgan fingerprint density at radius 3 is 2.58 bits per heavy atom. The van der Waals surface area contributed by atoms with E-state index in [1.54, 1.807) is 12.3 Å². The second kappa shape index (κ2) is 10.9. The van der Waals surface area contributed by atoms with E-state index >= 15 is 0 Å². The van der Waals surface area contributed by atoms with Crippen molar-refractivity contribution in [2.75, 3.05) is 24.5 Å². The fraction of sp³-hybridized carbons (Fsp3) is 0.435. The van der Waals surface area contributed by atoms with Crippen molar-refractivity contribution in [3.8, 4) is 0 Å². The minimum Gasteiger partial charge on any atom is -0.481 e. The Bertz CT molecular complexity index is 1170. The van der Waals surface area contributed by atoms with Crippen LogP contribution in [-0.4, -0.2) is 55.2 Å². The van der Waals surface area contributed by atoms with Crippen LogP contribution in [0.15, 0.2) is 28.0 Å². The molecule has 0 unspecified atom stereocenters. The Labute approximate surface area is 202 Å². The lowest BCUT2D eigenvalue weighted by molar-refractivity contribution is -0.137. The van der Waals surface area contributed by atoms with Crippen LogP contribution in [0.5, 0.6) is 0 Å². The highest BCUT2D eigenvalue weighted by molar-refractivity contribution is 8.26. The summed E-state index contributed by atoms with van der Waals surface area (Å²) in [7, 11) is 0. The number of hydrogen-bond donors (Lipinski definition) is 1. The van der Waals surface area contributed by atoms with E-state index in [4.69, 9.17) is 22.3 Å². The molecule has 1 amide bonds. The van der Waals surface area contributed by atoms with Gasteiger partial charge in [-0.1, -0.05) is 43.9 Å². The highest BCUT2D eigenvalue weighted by Gasteiger charge is 2.32. The number of rotatable bonds is 10. The molecule has 33 heavy (non-hydrogen) atoms. The van der Waals surface area contributed by atoms with Crippen LogP contribution >= 0.6 is 24.0 Å². The van der Waals surface area contributed by atoms with Gasteiger partial charge in [-0.15, -0.1) is 0 Å². The minimum atomic E-state index is -0.918. The molecule has 0 aromatic carbocycles. The summed E-state index contributed by atoms with van der Waals surface area (Å²) in [5.41, 5.74) is 1.59. The number of aromatic nitrogens is 2. The lowest BCUT2D eigenvalue weighted by Gasteiger charge is -2.24. The zero-order chi connectivity index (χ0) is 24.1. The highest BCUT2D eigenvalue weighted by atomic mass is 32.2. The number of amides is 1. The van der Waals surface area contributed by atoms with Crippen LogP contribution in [0.3, 0.4) is 0 Å². The monoisotopic (exact) mass is 488 g/mol. The number of pyridine rings is 1. The maximum Gasteiger partial charge on any atom is 0.303 e. The molecule has 176 valence electrons. The van der Waals surface area contributed by atoms with Crippen molar-refractivity contribution < 1.29 is 14.7 Å². The first-order valence-corrected chi connectivity index (χ1v) is 12.2. The second-order valence-electron chi connectivity index (χ2n) is 7.91. The fourth-order valence-corrected chi connectivity index (χ4v) is 4.98. The topological polar surface area (TPSA) is 95.2 Å². The Morgan fingerprint density at radius 1 is 1.24 bits per heavy atom. The summed E-state index contributed by atoms with van der Waals surface area (Å²) in [6.45, 7) is 7.75. The number of anilines is 1. The molecule has 0 aliphatic carbocycles. The van der Waals surface area contributed by atoms with Gasteiger partial charge in [0.15, 0.2) is 0 Å². The van der Waals surface area contributed by atoms with Gasteiger partial charge in [-0.25, -0.2) is 4.98 Å². The van der Waals surface area contributed by atoms with Crippen LogP contribution in [0.1, 0.15) is 50.7 Å². The van der Waals surface area contributed by atoms with Crippen molar-refractivity contribution in [1.29, 1.82) is 0 Å². The number of nitrogens with zero attached hydrogens (tertiary/aromatic N) is 4. The zero-order valence-corrected chi connectivity index (χ0v) is 20.7. The smallest absolute Gasteiger partial charge is 0.303 e. The molecule has 10 heteroatoms. The van der Waals surface area contributed by atoms with Crippen molar-refractivity contribution in [1.82, 2.24) is 14.3 Å². The number of fused-ring (bicyclic) bond motifs is 1. The van der Waals surface area contributed by atoms with E-state index in [0.717, 1.165) is 43.3 Å². The molecular weight excluding hydrogens is 460 g/mol. The van der Waals surface area contributed by atoms with E-state index in [2.05, 4.69) is 18.7 Å². The van der Waals surface area contributed by atoms with Crippen molar-refractivity contribution >= 4 is 57.7 Å². The number of hydrogen-bond acceptors (Lipinski definition) is 7. The first kappa shape index (κ1) is 24.9. The third kappa shape index (κ3) is 5.62. The normalized spacial score (nSPS) is 15.1. The summed E-state index contributed by atoms with van der Waals surface area (Å²) in [6, 6.07) is 3.74. The molecule has 1 saturated heterocycles. The summed E-state index contributed by atoms with van der Waals surface area (Å²) in [5.74, 6) is -0.672. The Hall–Kier alpha value is -2.72. The number of carboxylic acid groups (broad SMARTS) is 1. The molecule has 1 N–H and O–H groups in total. The summed E-state index contributed by atoms with van der Waals surface area (Å²) >= 11 is 6.48. The van der Waals surface area contributed by atoms with E-state index in [-0.39, 0.29) is 24.4 Å². The molecule has 0 atom stereocenters. The van der Waals surface area contributed by atoms with Crippen LogP contribution in [0.25, 0.3) is 11.7 Å². The van der Waals surface area contributed by atoms with E-state index < -0.39 is 5.97 Å². The predicted molar refractivity (Wildman–Crippen MR) is 136 cm³/mol. The molecule has 3 rings (SSSR count). The SMILES string of the molecule is CCCN(CCC)c1nc2ccc(C)cn2c(=O)c1/C=C1\SC(=S)N(CCCC(=O)O)C1=O. The quantitative estimate of drug-likeness (QED) is 0.400. The number of carbonyl (C=O) groups excluding carboxylic acids is 1. The fourth-order valence-electron chi connectivity index (χ4n) is 3.69. The minimum absolute atomic E-state index is 0.0431. The average Bonchev–Trinajstić information content (AvgIpc) is 3.03. The molecule has 0 bridgehead atoms. The first-order valence-electron chi connectivity index (χ1n) is 11.0. The molecule has 0 spiro atoms. The maximum atomic E-state index is 13.5. The highest BCUT2D eigenvalue weighted by Crippen LogP contribution is 2.33. The average molecular weight is 489 g/mol. The summed E-state index contributed by atoms with van der Waals surface area (Å²) < 4.78 is 1.87. The molecule has 3 heterocycles. The molecule has 0 saturated carbocycles. The van der Waals surface area contributed by atoms with Crippen molar-refractivity contribution in [2.24, 2.45) is 0 Å². The summed E-state index contributed by atoms with van der Waals surface area (Å²) in [4.78, 5) is 46.0. The summed E-state index contributed by atoms with van der Waals surface area (Å²) in [5, 5.41) is 8.87. The van der Waals surface area contributed by atoms with Gasteiger partial charge in [-0.05, 0) is 43.9 Å². The van der Waals surface area contributed by atoms with Gasteiger partial charge in [0, 0.05) is 32.3 Å². The number of thiocarbonyl (C=S) groups is 1. The van der Waals surface area contributed by atoms with Gasteiger partial charge in [-0.3, -0.25) is 23.7 Å². The molecule has 1 aliphatic rings. The predicted octanol–water partition coefficient (Wildman–Crippen LogP) is 3.70. The largest absolute Gasteiger partial charge is 0.481 e. The van der Waals surface area contributed by atoms with Gasteiger partial charge in [0.05, 0.1) is 10.5 Å². The molecule has 1 aliphatic heterocycles. The number of carboxylic acids is 1. The summed E-state index contributed by atoms with van der Waals surface area (Å²) in [6.07, 6.45) is 5.38. The van der Waals surface area contributed by atoms with Crippen molar-refractivity contribution in [3.63, 3.8) is 0 Å². The third-order valence-corrected chi connectivity index (χ3v) is 6.57. The van der Waals surface area contributed by atoms with Crippen LogP contribution in [0.4, 0.5) is 5.82 Å². The van der Waals surface area contributed by atoms with E-state index in [9.17, 15) is 14.4 Å².